The van der Waals surface area contributed by atoms with Crippen molar-refractivity contribution in [3.8, 4) is 0 Å². The fourth-order valence-electron chi connectivity index (χ4n) is 3.44. The zero-order valence-corrected chi connectivity index (χ0v) is 20.7. The number of carbonyl (C=O) groups is 5. The Morgan fingerprint density at radius 1 is 0.921 bits per heavy atom. The summed E-state index contributed by atoms with van der Waals surface area (Å²) in [5.41, 5.74) is 6.83. The van der Waals surface area contributed by atoms with Gasteiger partial charge in [-0.3, -0.25) is 19.2 Å². The number of aliphatic hydroxyl groups is 1. The molecule has 14 nitrogen and oxygen atoms in total. The summed E-state index contributed by atoms with van der Waals surface area (Å²) < 4.78 is 0. The van der Waals surface area contributed by atoms with Crippen molar-refractivity contribution in [2.45, 2.75) is 62.9 Å². The van der Waals surface area contributed by atoms with E-state index in [1.54, 1.807) is 30.3 Å². The number of hydrogen-bond donors (Lipinski definition) is 8. The summed E-state index contributed by atoms with van der Waals surface area (Å²) in [6, 6.07) is 3.28. The van der Waals surface area contributed by atoms with Crippen LogP contribution < -0.4 is 21.7 Å². The molecule has 0 spiro atoms. The Balaban J connectivity index is 2.27. The van der Waals surface area contributed by atoms with Crippen LogP contribution >= 0.6 is 0 Å². The molecule has 5 atom stereocenters. The third-order valence-corrected chi connectivity index (χ3v) is 5.61. The van der Waals surface area contributed by atoms with E-state index in [9.17, 15) is 34.2 Å². The lowest BCUT2D eigenvalue weighted by atomic mass is 10.0. The molecule has 1 aromatic heterocycles. The number of amides is 3. The van der Waals surface area contributed by atoms with Crippen molar-refractivity contribution in [3.63, 3.8) is 0 Å². The Morgan fingerprint density at radius 2 is 1.50 bits per heavy atom. The number of carbonyl (C=O) groups excluding carboxylic acids is 3. The largest absolute Gasteiger partial charge is 0.481 e. The van der Waals surface area contributed by atoms with E-state index in [-0.39, 0.29) is 19.3 Å². The minimum Gasteiger partial charge on any atom is -0.481 e. The maximum absolute atomic E-state index is 13.3. The number of hydrogen-bond acceptors (Lipinski definition) is 8. The average molecular weight is 533 g/mol. The van der Waals surface area contributed by atoms with Crippen molar-refractivity contribution < 1.29 is 39.3 Å². The molecule has 0 aliphatic carbocycles. The maximum atomic E-state index is 13.3. The van der Waals surface area contributed by atoms with Crippen LogP contribution in [-0.2, 0) is 36.8 Å². The smallest absolute Gasteiger partial charge is 0.326 e. The molecule has 0 bridgehead atoms. The van der Waals surface area contributed by atoms with Gasteiger partial charge in [0.05, 0.1) is 12.4 Å². The molecule has 1 heterocycles. The SMILES string of the molecule is CC(O)C(N)C(=O)NC(Cc1cnc[nH]1)C(=O)NC(Cc1ccccc1)C(=O)NC(CCC(=O)O)C(=O)O. The Kier molecular flexibility index (Phi) is 11.4. The Bertz CT molecular complexity index is 1090. The normalized spacial score (nSPS) is 14.8. The molecule has 2 aromatic rings. The average Bonchev–Trinajstić information content (AvgIpc) is 3.38. The number of H-pyrrole nitrogens is 1. The Hall–Kier alpha value is -4.30. The monoisotopic (exact) mass is 532 g/mol. The molecule has 1 aromatic carbocycles. The van der Waals surface area contributed by atoms with Crippen molar-refractivity contribution in [2.75, 3.05) is 0 Å². The van der Waals surface area contributed by atoms with Gasteiger partial charge in [-0.25, -0.2) is 9.78 Å². The van der Waals surface area contributed by atoms with Crippen LogP contribution in [0.1, 0.15) is 31.0 Å². The van der Waals surface area contributed by atoms with Gasteiger partial charge in [0, 0.05) is 31.2 Å². The van der Waals surface area contributed by atoms with Gasteiger partial charge in [-0.2, -0.15) is 0 Å². The fourth-order valence-corrected chi connectivity index (χ4v) is 3.44. The van der Waals surface area contributed by atoms with Gasteiger partial charge >= 0.3 is 11.9 Å². The van der Waals surface area contributed by atoms with Crippen LogP contribution in [0.15, 0.2) is 42.9 Å². The molecule has 0 saturated carbocycles. The summed E-state index contributed by atoms with van der Waals surface area (Å²) in [6.07, 6.45) is 0.688. The number of carboxylic acid groups (broad SMARTS) is 2. The van der Waals surface area contributed by atoms with Crippen LogP contribution in [0.3, 0.4) is 0 Å². The second-order valence-electron chi connectivity index (χ2n) is 8.69. The van der Waals surface area contributed by atoms with Crippen molar-refractivity contribution in [3.05, 3.63) is 54.1 Å². The van der Waals surface area contributed by atoms with Crippen LogP contribution in [0.5, 0.6) is 0 Å². The molecular weight excluding hydrogens is 500 g/mol. The lowest BCUT2D eigenvalue weighted by molar-refractivity contribution is -0.143. The third kappa shape index (κ3) is 9.63. The van der Waals surface area contributed by atoms with Gasteiger partial charge in [-0.1, -0.05) is 30.3 Å². The topological polar surface area (TPSA) is 237 Å². The first-order valence-corrected chi connectivity index (χ1v) is 11.8. The van der Waals surface area contributed by atoms with Crippen LogP contribution in [-0.4, -0.2) is 85.2 Å². The van der Waals surface area contributed by atoms with Crippen molar-refractivity contribution in [2.24, 2.45) is 5.73 Å². The van der Waals surface area contributed by atoms with Gasteiger partial charge in [0.15, 0.2) is 0 Å². The molecule has 5 unspecified atom stereocenters. The Morgan fingerprint density at radius 3 is 2.03 bits per heavy atom. The van der Waals surface area contributed by atoms with E-state index >= 15 is 0 Å². The summed E-state index contributed by atoms with van der Waals surface area (Å²) in [5, 5.41) is 35.3. The first kappa shape index (κ1) is 29.9. The van der Waals surface area contributed by atoms with Crippen molar-refractivity contribution in [1.82, 2.24) is 25.9 Å². The maximum Gasteiger partial charge on any atom is 0.326 e. The van der Waals surface area contributed by atoms with E-state index in [2.05, 4.69) is 25.9 Å². The first-order chi connectivity index (χ1) is 18.0. The van der Waals surface area contributed by atoms with Gasteiger partial charge in [0.1, 0.15) is 24.2 Å². The zero-order chi connectivity index (χ0) is 28.2. The molecule has 9 N–H and O–H groups in total. The summed E-state index contributed by atoms with van der Waals surface area (Å²) in [4.78, 5) is 68.1. The minimum absolute atomic E-state index is 0.0262. The molecule has 0 aliphatic heterocycles. The fraction of sp³-hybridized carbons (Fsp3) is 0.417. The summed E-state index contributed by atoms with van der Waals surface area (Å²) in [6.45, 7) is 1.32. The van der Waals surface area contributed by atoms with Crippen LogP contribution in [0, 0.1) is 0 Å². The number of aromatic amines is 1. The van der Waals surface area contributed by atoms with E-state index in [1.165, 1.54) is 19.4 Å². The first-order valence-electron chi connectivity index (χ1n) is 11.8. The molecule has 2 rings (SSSR count). The molecule has 0 aliphatic rings. The predicted molar refractivity (Wildman–Crippen MR) is 132 cm³/mol. The number of aromatic nitrogens is 2. The summed E-state index contributed by atoms with van der Waals surface area (Å²) in [5.74, 6) is -5.09. The lowest BCUT2D eigenvalue weighted by Gasteiger charge is -2.25. The zero-order valence-electron chi connectivity index (χ0n) is 20.7. The van der Waals surface area contributed by atoms with Crippen LogP contribution in [0.4, 0.5) is 0 Å². The number of benzene rings is 1. The molecule has 3 amide bonds. The standard InChI is InChI=1S/C24H32N6O8/c1-13(31)20(25)23(36)30-18(10-15-11-26-12-27-15)22(35)29-17(9-14-5-3-2-4-6-14)21(34)28-16(24(37)38)7-8-19(32)33/h2-6,11-13,16-18,20,31H,7-10,25H2,1H3,(H,26,27)(H,28,34)(H,29,35)(H,30,36)(H,32,33)(H,37,38). The van der Waals surface area contributed by atoms with E-state index < -0.39 is 66.4 Å². The van der Waals surface area contributed by atoms with Crippen molar-refractivity contribution in [1.29, 1.82) is 0 Å². The van der Waals surface area contributed by atoms with E-state index in [1.807, 2.05) is 0 Å². The highest BCUT2D eigenvalue weighted by Gasteiger charge is 2.31. The lowest BCUT2D eigenvalue weighted by Crippen LogP contribution is -2.59. The molecule has 0 saturated heterocycles. The van der Waals surface area contributed by atoms with Gasteiger partial charge in [-0.05, 0) is 18.9 Å². The second kappa shape index (κ2) is 14.4. The molecule has 14 heteroatoms. The number of rotatable bonds is 15. The van der Waals surface area contributed by atoms with Crippen LogP contribution in [0.2, 0.25) is 0 Å². The summed E-state index contributed by atoms with van der Waals surface area (Å²) >= 11 is 0. The van der Waals surface area contributed by atoms with Gasteiger partial charge in [0.25, 0.3) is 0 Å². The number of aliphatic carboxylic acids is 2. The highest BCUT2D eigenvalue weighted by atomic mass is 16.4. The molecule has 0 radical (unpaired) electrons. The highest BCUT2D eigenvalue weighted by molar-refractivity contribution is 5.94. The number of carboxylic acids is 2. The number of nitrogens with zero attached hydrogens (tertiary/aromatic N) is 1. The number of nitrogens with two attached hydrogens (primary N) is 1. The van der Waals surface area contributed by atoms with Gasteiger partial charge in [-0.15, -0.1) is 0 Å². The molecule has 0 fully saturated rings. The van der Waals surface area contributed by atoms with Crippen molar-refractivity contribution >= 4 is 29.7 Å². The molecular formula is C24H32N6O8. The van der Waals surface area contributed by atoms with Gasteiger partial charge in [0.2, 0.25) is 17.7 Å². The number of aliphatic hydroxyl groups excluding tert-OH is 1. The Labute approximate surface area is 218 Å². The number of nitrogens with one attached hydrogen (secondary N) is 4. The van der Waals surface area contributed by atoms with E-state index in [4.69, 9.17) is 10.8 Å². The second-order valence-corrected chi connectivity index (χ2v) is 8.69. The predicted octanol–water partition coefficient (Wildman–Crippen LogP) is -1.69. The third-order valence-electron chi connectivity index (χ3n) is 5.61. The van der Waals surface area contributed by atoms with Gasteiger partial charge < -0.3 is 42.0 Å². The van der Waals surface area contributed by atoms with E-state index in [0.717, 1.165) is 0 Å². The number of imidazole rings is 1. The highest BCUT2D eigenvalue weighted by Crippen LogP contribution is 2.08. The van der Waals surface area contributed by atoms with E-state index in [0.29, 0.717) is 11.3 Å². The quantitative estimate of drug-likeness (QED) is 0.129. The minimum atomic E-state index is -1.50. The molecule has 38 heavy (non-hydrogen) atoms. The van der Waals surface area contributed by atoms with Crippen LogP contribution in [0.25, 0.3) is 0 Å². The summed E-state index contributed by atoms with van der Waals surface area (Å²) in [7, 11) is 0. The molecule has 206 valence electrons.